The predicted molar refractivity (Wildman–Crippen MR) is 124 cm³/mol. The Morgan fingerprint density at radius 3 is 2.49 bits per heavy atom. The molecule has 182 valence electrons. The number of aryl methyl sites for hydroxylation is 1. The van der Waals surface area contributed by atoms with Crippen LogP contribution in [0.25, 0.3) is 0 Å². The predicted octanol–water partition coefficient (Wildman–Crippen LogP) is 4.91. The molecule has 35 heavy (non-hydrogen) atoms. The summed E-state index contributed by atoms with van der Waals surface area (Å²) in [6.07, 6.45) is 0.253. The molecular formula is C27H25F2NO5. The minimum absolute atomic E-state index is 0.0772. The molecule has 1 heterocycles. The lowest BCUT2D eigenvalue weighted by atomic mass is 10.1. The second-order valence-corrected chi connectivity index (χ2v) is 8.19. The first kappa shape index (κ1) is 24.2. The van der Waals surface area contributed by atoms with Gasteiger partial charge in [-0.1, -0.05) is 24.3 Å². The normalized spacial score (nSPS) is 17.2. The van der Waals surface area contributed by atoms with Crippen LogP contribution in [0, 0.1) is 11.6 Å². The van der Waals surface area contributed by atoms with Gasteiger partial charge in [0.15, 0.2) is 11.6 Å². The molecule has 2 unspecified atom stereocenters. The van der Waals surface area contributed by atoms with Crippen molar-refractivity contribution in [2.24, 2.45) is 0 Å². The topological polar surface area (TPSA) is 65.1 Å². The third-order valence-electron chi connectivity index (χ3n) is 5.76. The minimum atomic E-state index is -0.794. The van der Waals surface area contributed by atoms with Gasteiger partial charge >= 0.3 is 5.97 Å². The molecule has 1 amide bonds. The summed E-state index contributed by atoms with van der Waals surface area (Å²) in [7, 11) is 1.27. The van der Waals surface area contributed by atoms with E-state index in [0.29, 0.717) is 17.9 Å². The molecule has 3 aromatic rings. The number of carbonyl (C=O) groups is 2. The Labute approximate surface area is 202 Å². The fourth-order valence-corrected chi connectivity index (χ4v) is 4.04. The van der Waals surface area contributed by atoms with E-state index in [4.69, 9.17) is 14.2 Å². The van der Waals surface area contributed by atoms with Gasteiger partial charge in [-0.25, -0.2) is 13.6 Å². The number of ether oxygens (including phenoxy) is 3. The number of nitrogens with zero attached hydrogens (tertiary/aromatic N) is 1. The molecule has 4 rings (SSSR count). The number of para-hydroxylation sites is 1. The molecule has 1 saturated heterocycles. The Kier molecular flexibility index (Phi) is 7.60. The van der Waals surface area contributed by atoms with Gasteiger partial charge < -0.3 is 19.1 Å². The van der Waals surface area contributed by atoms with Crippen molar-refractivity contribution in [1.29, 1.82) is 0 Å². The van der Waals surface area contributed by atoms with Crippen molar-refractivity contribution < 1.29 is 32.6 Å². The van der Waals surface area contributed by atoms with Crippen LogP contribution in [-0.2, 0) is 20.7 Å². The van der Waals surface area contributed by atoms with Gasteiger partial charge in [-0.3, -0.25) is 4.79 Å². The Morgan fingerprint density at radius 2 is 1.74 bits per heavy atom. The zero-order chi connectivity index (χ0) is 24.8. The molecule has 1 aliphatic heterocycles. The lowest BCUT2D eigenvalue weighted by Gasteiger charge is -2.22. The maximum atomic E-state index is 14.0. The van der Waals surface area contributed by atoms with Gasteiger partial charge in [-0.2, -0.15) is 0 Å². The van der Waals surface area contributed by atoms with Crippen LogP contribution in [0.2, 0.25) is 0 Å². The molecule has 0 aliphatic carbocycles. The van der Waals surface area contributed by atoms with Crippen LogP contribution in [0.3, 0.4) is 0 Å². The van der Waals surface area contributed by atoms with E-state index >= 15 is 0 Å². The van der Waals surface area contributed by atoms with Crippen molar-refractivity contribution in [2.75, 3.05) is 13.7 Å². The van der Waals surface area contributed by atoms with Crippen LogP contribution < -0.4 is 9.47 Å². The van der Waals surface area contributed by atoms with E-state index in [2.05, 4.69) is 0 Å². The number of esters is 1. The van der Waals surface area contributed by atoms with Crippen LogP contribution in [0.5, 0.6) is 17.2 Å². The van der Waals surface area contributed by atoms with Crippen molar-refractivity contribution in [3.05, 3.63) is 90.0 Å². The smallest absolute Gasteiger partial charge is 0.328 e. The Hall–Kier alpha value is -3.94. The highest BCUT2D eigenvalue weighted by molar-refractivity contribution is 5.85. The van der Waals surface area contributed by atoms with E-state index in [0.717, 1.165) is 5.56 Å². The molecule has 0 spiro atoms. The van der Waals surface area contributed by atoms with Crippen LogP contribution >= 0.6 is 0 Å². The van der Waals surface area contributed by atoms with Crippen LogP contribution in [0.15, 0.2) is 72.8 Å². The highest BCUT2D eigenvalue weighted by Gasteiger charge is 2.41. The average Bonchev–Trinajstić information content (AvgIpc) is 3.29. The average molecular weight is 481 g/mol. The standard InChI is InChI=1S/C27H25F2NO5/c1-33-27(32)24-16-22(35-25-8-3-2-7-23(25)29)17-30(24)26(31)14-9-18-5-4-6-21(15-18)34-20-12-10-19(28)11-13-20/h2-8,10-13,15,22,24H,9,14,16-17H2,1H3. The molecular weight excluding hydrogens is 456 g/mol. The van der Waals surface area contributed by atoms with Crippen molar-refractivity contribution in [3.8, 4) is 17.2 Å². The van der Waals surface area contributed by atoms with Crippen LogP contribution in [0.4, 0.5) is 8.78 Å². The van der Waals surface area contributed by atoms with Crippen LogP contribution in [-0.4, -0.2) is 42.6 Å². The van der Waals surface area contributed by atoms with Gasteiger partial charge in [0.2, 0.25) is 5.91 Å². The largest absolute Gasteiger partial charge is 0.485 e. The first-order chi connectivity index (χ1) is 16.9. The third kappa shape index (κ3) is 6.15. The highest BCUT2D eigenvalue weighted by Crippen LogP contribution is 2.27. The second-order valence-electron chi connectivity index (χ2n) is 8.19. The van der Waals surface area contributed by atoms with E-state index in [-0.39, 0.29) is 36.9 Å². The summed E-state index contributed by atoms with van der Waals surface area (Å²) in [6.45, 7) is 0.153. The summed E-state index contributed by atoms with van der Waals surface area (Å²) in [6, 6.07) is 18.2. The summed E-state index contributed by atoms with van der Waals surface area (Å²) in [5, 5.41) is 0. The summed E-state index contributed by atoms with van der Waals surface area (Å²) in [5.41, 5.74) is 0.867. The molecule has 8 heteroatoms. The van der Waals surface area contributed by atoms with Gasteiger partial charge in [0, 0.05) is 12.8 Å². The Bertz CT molecular complexity index is 1180. The quantitative estimate of drug-likeness (QED) is 0.428. The maximum Gasteiger partial charge on any atom is 0.328 e. The SMILES string of the molecule is COC(=O)C1CC(Oc2ccccc2F)CN1C(=O)CCc1cccc(Oc2ccc(F)cc2)c1. The molecule has 0 saturated carbocycles. The lowest BCUT2D eigenvalue weighted by molar-refractivity contribution is -0.150. The molecule has 0 aromatic heterocycles. The van der Waals surface area contributed by atoms with Gasteiger partial charge in [0.25, 0.3) is 0 Å². The maximum absolute atomic E-state index is 14.0. The number of carbonyl (C=O) groups excluding carboxylic acids is 2. The summed E-state index contributed by atoms with van der Waals surface area (Å²) in [5.74, 6) is -0.481. The van der Waals surface area contributed by atoms with Gasteiger partial charge in [0.05, 0.1) is 13.7 Å². The Balaban J connectivity index is 1.39. The number of hydrogen-bond acceptors (Lipinski definition) is 5. The van der Waals surface area contributed by atoms with Gasteiger partial charge in [-0.05, 0) is 60.5 Å². The summed E-state index contributed by atoms with van der Waals surface area (Å²) >= 11 is 0. The second kappa shape index (κ2) is 11.0. The van der Waals surface area contributed by atoms with E-state index in [9.17, 15) is 18.4 Å². The molecule has 3 aromatic carbocycles. The van der Waals surface area contributed by atoms with E-state index in [1.807, 2.05) is 18.2 Å². The fraction of sp³-hybridized carbons (Fsp3) is 0.259. The zero-order valence-corrected chi connectivity index (χ0v) is 19.2. The number of methoxy groups -OCH3 is 1. The molecule has 0 bridgehead atoms. The zero-order valence-electron chi connectivity index (χ0n) is 19.2. The molecule has 0 radical (unpaired) electrons. The van der Waals surface area contributed by atoms with Crippen LogP contribution in [0.1, 0.15) is 18.4 Å². The minimum Gasteiger partial charge on any atom is -0.485 e. The molecule has 1 fully saturated rings. The monoisotopic (exact) mass is 481 g/mol. The molecule has 1 aliphatic rings. The van der Waals surface area contributed by atoms with E-state index < -0.39 is 23.9 Å². The number of amides is 1. The fourth-order valence-electron chi connectivity index (χ4n) is 4.04. The van der Waals surface area contributed by atoms with Crippen molar-refractivity contribution in [1.82, 2.24) is 4.90 Å². The van der Waals surface area contributed by atoms with Crippen molar-refractivity contribution in [3.63, 3.8) is 0 Å². The Morgan fingerprint density at radius 1 is 0.971 bits per heavy atom. The number of halogens is 2. The molecule has 2 atom stereocenters. The highest BCUT2D eigenvalue weighted by atomic mass is 19.1. The number of benzene rings is 3. The first-order valence-corrected chi connectivity index (χ1v) is 11.2. The summed E-state index contributed by atoms with van der Waals surface area (Å²) in [4.78, 5) is 26.8. The van der Waals surface area contributed by atoms with Crippen molar-refractivity contribution >= 4 is 11.9 Å². The number of rotatable bonds is 8. The molecule has 0 N–H and O–H groups in total. The van der Waals surface area contributed by atoms with E-state index in [1.54, 1.807) is 18.2 Å². The number of likely N-dealkylation sites (tertiary alicyclic amines) is 1. The third-order valence-corrected chi connectivity index (χ3v) is 5.76. The lowest BCUT2D eigenvalue weighted by Crippen LogP contribution is -2.41. The molecule has 6 nitrogen and oxygen atoms in total. The summed E-state index contributed by atoms with van der Waals surface area (Å²) < 4.78 is 43.5. The first-order valence-electron chi connectivity index (χ1n) is 11.2. The van der Waals surface area contributed by atoms with Crippen molar-refractivity contribution in [2.45, 2.75) is 31.4 Å². The number of hydrogen-bond donors (Lipinski definition) is 0. The van der Waals surface area contributed by atoms with Gasteiger partial charge in [0.1, 0.15) is 29.5 Å². The van der Waals surface area contributed by atoms with Gasteiger partial charge in [-0.15, -0.1) is 0 Å². The van der Waals surface area contributed by atoms with E-state index in [1.165, 1.54) is 48.4 Å².